The molecule has 0 bridgehead atoms. The summed E-state index contributed by atoms with van der Waals surface area (Å²) in [6, 6.07) is -4.19. The van der Waals surface area contributed by atoms with Crippen LogP contribution in [0.25, 0.3) is 0 Å². The van der Waals surface area contributed by atoms with E-state index in [4.69, 9.17) is 14.2 Å². The Morgan fingerprint density at radius 3 is 1.02 bits per heavy atom. The van der Waals surface area contributed by atoms with Crippen molar-refractivity contribution in [3.05, 3.63) is 67.9 Å². The van der Waals surface area contributed by atoms with Gasteiger partial charge in [0.2, 0.25) is 0 Å². The minimum absolute atomic E-state index is 0.0103. The second-order valence-electron chi connectivity index (χ2n) is 13.1. The van der Waals surface area contributed by atoms with Crippen molar-refractivity contribution in [2.75, 3.05) is 19.8 Å². The molecule has 1 aromatic heterocycles. The second kappa shape index (κ2) is 18.0. The van der Waals surface area contributed by atoms with E-state index in [1.165, 1.54) is 0 Å². The molecule has 0 N–H and O–H groups in total. The van der Waals surface area contributed by atoms with Crippen molar-refractivity contribution in [2.24, 2.45) is 17.8 Å². The summed E-state index contributed by atoms with van der Waals surface area (Å²) in [5.74, 6) is -2.08. The highest BCUT2D eigenvalue weighted by Gasteiger charge is 2.36. The third kappa shape index (κ3) is 8.93. The van der Waals surface area contributed by atoms with Gasteiger partial charge < -0.3 is 14.2 Å². The molecule has 0 aliphatic heterocycles. The Morgan fingerprint density at radius 2 is 0.812 bits per heavy atom. The fourth-order valence-electron chi connectivity index (χ4n) is 6.67. The summed E-state index contributed by atoms with van der Waals surface area (Å²) in [4.78, 5) is 83.0. The van der Waals surface area contributed by atoms with E-state index in [1.807, 2.05) is 18.2 Å². The highest BCUT2D eigenvalue weighted by molar-refractivity contribution is 5.75. The van der Waals surface area contributed by atoms with Gasteiger partial charge in [0.1, 0.15) is 18.1 Å². The third-order valence-corrected chi connectivity index (χ3v) is 9.66. The number of rotatable bonds is 15. The van der Waals surface area contributed by atoms with Gasteiger partial charge in [-0.3, -0.25) is 0 Å². The number of allylic oxidation sites excluding steroid dienone is 6. The van der Waals surface area contributed by atoms with Gasteiger partial charge in [-0.05, 0) is 94.8 Å². The van der Waals surface area contributed by atoms with Crippen molar-refractivity contribution in [2.45, 2.75) is 116 Å². The molecule has 1 aromatic rings. The zero-order chi connectivity index (χ0) is 34.6. The molecule has 48 heavy (non-hydrogen) atoms. The molecule has 12 nitrogen and oxygen atoms in total. The predicted molar refractivity (Wildman–Crippen MR) is 180 cm³/mol. The molecule has 0 spiro atoms. The molecule has 264 valence electrons. The summed E-state index contributed by atoms with van der Waals surface area (Å²) in [5.41, 5.74) is -3.40. The van der Waals surface area contributed by atoms with Crippen LogP contribution in [0, 0.1) is 17.8 Å². The van der Waals surface area contributed by atoms with E-state index < -0.39 is 53.1 Å². The zero-order valence-corrected chi connectivity index (χ0v) is 28.6. The molecule has 12 heteroatoms. The van der Waals surface area contributed by atoms with Gasteiger partial charge >= 0.3 is 35.0 Å². The summed E-state index contributed by atoms with van der Waals surface area (Å²) in [5, 5.41) is 0. The minimum atomic E-state index is -1.40. The van der Waals surface area contributed by atoms with Gasteiger partial charge in [0, 0.05) is 0 Å². The standard InChI is InChI=1S/C36H51N3O9/c1-4-28(31(40)46-22-25-16-10-7-11-17-25)37-34(43)38(29(5-2)32(41)47-23-26-18-12-8-13-19-26)36(45)39(35(37)44)30(6-3)33(42)48-24-27-20-14-9-15-21-27/h7-10,12,14,25-30H,4-6,11,13,15-24H2,1-3H3. The minimum Gasteiger partial charge on any atom is -0.464 e. The van der Waals surface area contributed by atoms with Crippen molar-refractivity contribution in [3.8, 4) is 0 Å². The maximum Gasteiger partial charge on any atom is 0.337 e. The highest BCUT2D eigenvalue weighted by Crippen LogP contribution is 2.23. The maximum atomic E-state index is 14.2. The smallest absolute Gasteiger partial charge is 0.337 e. The maximum absolute atomic E-state index is 14.2. The van der Waals surface area contributed by atoms with E-state index in [2.05, 4.69) is 18.2 Å². The average molecular weight is 670 g/mol. The summed E-state index contributed by atoms with van der Waals surface area (Å²) in [6.07, 6.45) is 19.6. The molecule has 3 aliphatic carbocycles. The van der Waals surface area contributed by atoms with Crippen LogP contribution in [0.3, 0.4) is 0 Å². The van der Waals surface area contributed by atoms with E-state index in [9.17, 15) is 28.8 Å². The lowest BCUT2D eigenvalue weighted by atomic mass is 9.95. The molecule has 3 aliphatic rings. The van der Waals surface area contributed by atoms with Crippen LogP contribution in [0.15, 0.2) is 50.8 Å². The molecular weight excluding hydrogens is 618 g/mol. The molecule has 0 saturated carbocycles. The topological polar surface area (TPSA) is 145 Å². The molecular formula is C36H51N3O9. The number of hydrogen-bond donors (Lipinski definition) is 0. The van der Waals surface area contributed by atoms with Crippen LogP contribution in [0.5, 0.6) is 0 Å². The first-order valence-corrected chi connectivity index (χ1v) is 17.7. The molecule has 0 aromatic carbocycles. The normalized spacial score (nSPS) is 22.4. The van der Waals surface area contributed by atoms with E-state index in [-0.39, 0.29) is 56.8 Å². The monoisotopic (exact) mass is 669 g/mol. The summed E-state index contributed by atoms with van der Waals surface area (Å²) >= 11 is 0. The second-order valence-corrected chi connectivity index (χ2v) is 13.1. The fraction of sp³-hybridized carbons (Fsp3) is 0.667. The Bertz CT molecular complexity index is 1340. The number of carbonyl (C=O) groups excluding carboxylic acids is 3. The fourth-order valence-corrected chi connectivity index (χ4v) is 6.67. The number of nitrogens with zero attached hydrogens (tertiary/aromatic N) is 3. The van der Waals surface area contributed by atoms with E-state index in [0.717, 1.165) is 57.8 Å². The third-order valence-electron chi connectivity index (χ3n) is 9.66. The SMILES string of the molecule is CCC(C(=O)OCC1CC=CCC1)n1c(=O)n(C(CC)C(=O)OCC2CC=CCC2)c(=O)n(C(CC)C(=O)OCC2CC=CCC2)c1=O. The lowest BCUT2D eigenvalue weighted by molar-refractivity contribution is -0.149. The first kappa shape index (κ1) is 36.9. The first-order valence-electron chi connectivity index (χ1n) is 17.7. The van der Waals surface area contributed by atoms with Crippen molar-refractivity contribution >= 4 is 17.9 Å². The van der Waals surface area contributed by atoms with Crippen LogP contribution in [0.1, 0.15) is 116 Å². The predicted octanol–water partition coefficient (Wildman–Crippen LogP) is 4.72. The van der Waals surface area contributed by atoms with Crippen molar-refractivity contribution in [1.29, 1.82) is 0 Å². The van der Waals surface area contributed by atoms with Gasteiger partial charge in [-0.2, -0.15) is 0 Å². The van der Waals surface area contributed by atoms with Crippen LogP contribution < -0.4 is 17.1 Å². The first-order chi connectivity index (χ1) is 23.2. The van der Waals surface area contributed by atoms with Crippen molar-refractivity contribution in [3.63, 3.8) is 0 Å². The number of hydrogen-bond acceptors (Lipinski definition) is 9. The van der Waals surface area contributed by atoms with Crippen LogP contribution in [0.2, 0.25) is 0 Å². The molecule has 1 heterocycles. The highest BCUT2D eigenvalue weighted by atomic mass is 16.5. The van der Waals surface area contributed by atoms with Gasteiger partial charge in [-0.15, -0.1) is 0 Å². The quantitative estimate of drug-likeness (QED) is 0.147. The molecule has 0 amide bonds. The molecule has 0 radical (unpaired) electrons. The molecule has 6 unspecified atom stereocenters. The molecule has 4 rings (SSSR count). The van der Waals surface area contributed by atoms with Gasteiger partial charge in [0.05, 0.1) is 19.8 Å². The Kier molecular flexibility index (Phi) is 13.8. The van der Waals surface area contributed by atoms with Gasteiger partial charge in [0.15, 0.2) is 0 Å². The Balaban J connectivity index is 1.74. The molecule has 6 atom stereocenters. The number of esters is 3. The summed E-state index contributed by atoms with van der Waals surface area (Å²) in [6.45, 7) is 5.20. The van der Waals surface area contributed by atoms with E-state index in [0.29, 0.717) is 13.7 Å². The van der Waals surface area contributed by atoms with Crippen LogP contribution in [-0.2, 0) is 28.6 Å². The van der Waals surface area contributed by atoms with Gasteiger partial charge in [0.25, 0.3) is 0 Å². The van der Waals surface area contributed by atoms with E-state index >= 15 is 0 Å². The van der Waals surface area contributed by atoms with Crippen molar-refractivity contribution in [1.82, 2.24) is 13.7 Å². The van der Waals surface area contributed by atoms with Gasteiger partial charge in [-0.1, -0.05) is 57.2 Å². The largest absolute Gasteiger partial charge is 0.464 e. The average Bonchev–Trinajstić information content (AvgIpc) is 3.11. The Labute approximate surface area is 281 Å². The number of aromatic nitrogens is 3. The summed E-state index contributed by atoms with van der Waals surface area (Å²) < 4.78 is 18.9. The van der Waals surface area contributed by atoms with Crippen LogP contribution in [-0.4, -0.2) is 51.4 Å². The summed E-state index contributed by atoms with van der Waals surface area (Å²) in [7, 11) is 0. The van der Waals surface area contributed by atoms with Crippen LogP contribution in [0.4, 0.5) is 0 Å². The molecule has 0 saturated heterocycles. The molecule has 0 fully saturated rings. The van der Waals surface area contributed by atoms with Gasteiger partial charge in [-0.25, -0.2) is 42.5 Å². The Hall–Kier alpha value is -3.96. The van der Waals surface area contributed by atoms with Crippen LogP contribution >= 0.6 is 0 Å². The van der Waals surface area contributed by atoms with E-state index in [1.54, 1.807) is 20.8 Å². The lowest BCUT2D eigenvalue weighted by Crippen LogP contribution is -2.59. The Morgan fingerprint density at radius 1 is 0.542 bits per heavy atom. The number of ether oxygens (including phenoxy) is 3. The van der Waals surface area contributed by atoms with Crippen molar-refractivity contribution < 1.29 is 28.6 Å². The lowest BCUT2D eigenvalue weighted by Gasteiger charge is -2.26. The zero-order valence-electron chi connectivity index (χ0n) is 28.6. The number of carbonyl (C=O) groups is 3.